The van der Waals surface area contributed by atoms with E-state index in [0.29, 0.717) is 6.54 Å². The maximum Gasteiger partial charge on any atom is 0.194 e. The zero-order chi connectivity index (χ0) is 16.7. The zero-order valence-electron chi connectivity index (χ0n) is 14.4. The molecule has 2 rings (SSSR count). The van der Waals surface area contributed by atoms with Crippen LogP contribution in [0.25, 0.3) is 0 Å². The van der Waals surface area contributed by atoms with Gasteiger partial charge < -0.3 is 19.5 Å². The fourth-order valence-corrected chi connectivity index (χ4v) is 2.39. The molecule has 0 radical (unpaired) electrons. The fraction of sp³-hybridized carbons (Fsp3) is 0.389. The summed E-state index contributed by atoms with van der Waals surface area (Å²) >= 11 is 0. The molecule has 1 N–H and O–H groups in total. The Morgan fingerprint density at radius 3 is 2.78 bits per heavy atom. The van der Waals surface area contributed by atoms with E-state index in [2.05, 4.69) is 60.2 Å². The van der Waals surface area contributed by atoms with E-state index < -0.39 is 0 Å². The lowest BCUT2D eigenvalue weighted by Gasteiger charge is -2.22. The Morgan fingerprint density at radius 2 is 2.13 bits per heavy atom. The molecule has 0 aliphatic rings. The minimum Gasteiger partial charge on any atom is -0.497 e. The van der Waals surface area contributed by atoms with Crippen molar-refractivity contribution < 1.29 is 4.74 Å². The van der Waals surface area contributed by atoms with Crippen LogP contribution in [0.1, 0.15) is 18.2 Å². The van der Waals surface area contributed by atoms with E-state index in [9.17, 15) is 0 Å². The third kappa shape index (κ3) is 4.77. The Hall–Kier alpha value is -2.43. The van der Waals surface area contributed by atoms with Crippen LogP contribution < -0.4 is 10.1 Å². The Labute approximate surface area is 138 Å². The molecule has 0 atom stereocenters. The molecule has 2 aromatic rings. The molecule has 5 heteroatoms. The van der Waals surface area contributed by atoms with Gasteiger partial charge in [-0.25, -0.2) is 4.99 Å². The second-order valence-corrected chi connectivity index (χ2v) is 5.49. The van der Waals surface area contributed by atoms with Gasteiger partial charge in [-0.3, -0.25) is 0 Å². The quantitative estimate of drug-likeness (QED) is 0.658. The molecule has 23 heavy (non-hydrogen) atoms. The van der Waals surface area contributed by atoms with E-state index in [-0.39, 0.29) is 0 Å². The Bertz CT molecular complexity index is 648. The topological polar surface area (TPSA) is 41.8 Å². The average Bonchev–Trinajstić information content (AvgIpc) is 2.96. The number of ether oxygens (including phenoxy) is 1. The van der Waals surface area contributed by atoms with Crippen molar-refractivity contribution >= 4 is 5.96 Å². The SMILES string of the molecule is CCNC(=NCc1cccc(OC)c1)N(C)Cc1cccn1C. The Kier molecular flexibility index (Phi) is 6.09. The minimum atomic E-state index is 0.622. The highest BCUT2D eigenvalue weighted by molar-refractivity contribution is 5.79. The number of aliphatic imine (C=N–C) groups is 1. The summed E-state index contributed by atoms with van der Waals surface area (Å²) in [5, 5.41) is 3.35. The second-order valence-electron chi connectivity index (χ2n) is 5.49. The Morgan fingerprint density at radius 1 is 1.30 bits per heavy atom. The number of benzene rings is 1. The molecule has 0 amide bonds. The van der Waals surface area contributed by atoms with Gasteiger partial charge in [0.1, 0.15) is 5.75 Å². The van der Waals surface area contributed by atoms with Gasteiger partial charge in [0.05, 0.1) is 20.2 Å². The van der Waals surface area contributed by atoms with E-state index >= 15 is 0 Å². The summed E-state index contributed by atoms with van der Waals surface area (Å²) in [6, 6.07) is 12.2. The molecule has 0 aliphatic carbocycles. The van der Waals surface area contributed by atoms with Crippen molar-refractivity contribution in [2.75, 3.05) is 20.7 Å². The molecule has 0 fully saturated rings. The molecule has 0 unspecified atom stereocenters. The number of aryl methyl sites for hydroxylation is 1. The molecule has 0 spiro atoms. The van der Waals surface area contributed by atoms with Crippen LogP contribution in [0.2, 0.25) is 0 Å². The van der Waals surface area contributed by atoms with Crippen LogP contribution in [0.5, 0.6) is 5.75 Å². The minimum absolute atomic E-state index is 0.622. The molecule has 0 aliphatic heterocycles. The maximum absolute atomic E-state index is 5.26. The van der Waals surface area contributed by atoms with Gasteiger partial charge in [0.25, 0.3) is 0 Å². The number of hydrogen-bond acceptors (Lipinski definition) is 2. The smallest absolute Gasteiger partial charge is 0.194 e. The number of hydrogen-bond donors (Lipinski definition) is 1. The molecular weight excluding hydrogens is 288 g/mol. The van der Waals surface area contributed by atoms with Crippen molar-refractivity contribution in [2.24, 2.45) is 12.0 Å². The van der Waals surface area contributed by atoms with Crippen LogP contribution >= 0.6 is 0 Å². The summed E-state index contributed by atoms with van der Waals surface area (Å²) < 4.78 is 7.39. The van der Waals surface area contributed by atoms with Gasteiger partial charge in [0.2, 0.25) is 0 Å². The van der Waals surface area contributed by atoms with Crippen LogP contribution in [0.15, 0.2) is 47.6 Å². The van der Waals surface area contributed by atoms with Gasteiger partial charge in [0.15, 0.2) is 5.96 Å². The summed E-state index contributed by atoms with van der Waals surface area (Å²) in [4.78, 5) is 6.87. The fourth-order valence-electron chi connectivity index (χ4n) is 2.39. The van der Waals surface area contributed by atoms with E-state index in [1.165, 1.54) is 5.69 Å². The first-order chi connectivity index (χ1) is 11.1. The van der Waals surface area contributed by atoms with E-state index in [1.807, 2.05) is 18.2 Å². The summed E-state index contributed by atoms with van der Waals surface area (Å²) in [6.45, 7) is 4.36. The number of nitrogens with one attached hydrogen (secondary N) is 1. The van der Waals surface area contributed by atoms with E-state index in [0.717, 1.165) is 30.4 Å². The van der Waals surface area contributed by atoms with Crippen LogP contribution in [-0.2, 0) is 20.1 Å². The number of nitrogens with zero attached hydrogens (tertiary/aromatic N) is 3. The average molecular weight is 314 g/mol. The largest absolute Gasteiger partial charge is 0.497 e. The summed E-state index contributed by atoms with van der Waals surface area (Å²) in [7, 11) is 5.80. The summed E-state index contributed by atoms with van der Waals surface area (Å²) in [5.41, 5.74) is 2.38. The summed E-state index contributed by atoms with van der Waals surface area (Å²) in [5.74, 6) is 1.76. The molecule has 0 bridgehead atoms. The number of guanidine groups is 1. The lowest BCUT2D eigenvalue weighted by Crippen LogP contribution is -2.38. The lowest BCUT2D eigenvalue weighted by atomic mass is 10.2. The van der Waals surface area contributed by atoms with E-state index in [4.69, 9.17) is 9.73 Å². The van der Waals surface area contributed by atoms with Gasteiger partial charge >= 0.3 is 0 Å². The molecule has 0 saturated heterocycles. The molecule has 1 aromatic heterocycles. The third-order valence-corrected chi connectivity index (χ3v) is 3.69. The van der Waals surface area contributed by atoms with Crippen molar-refractivity contribution in [2.45, 2.75) is 20.0 Å². The monoisotopic (exact) mass is 314 g/mol. The molecular formula is C18H26N4O. The van der Waals surface area contributed by atoms with Crippen molar-refractivity contribution in [1.82, 2.24) is 14.8 Å². The maximum atomic E-state index is 5.26. The highest BCUT2D eigenvalue weighted by Crippen LogP contribution is 2.13. The first-order valence-electron chi connectivity index (χ1n) is 7.86. The first-order valence-corrected chi connectivity index (χ1v) is 7.86. The van der Waals surface area contributed by atoms with Crippen LogP contribution in [0.3, 0.4) is 0 Å². The predicted octanol–water partition coefficient (Wildman–Crippen LogP) is 2.63. The third-order valence-electron chi connectivity index (χ3n) is 3.69. The highest BCUT2D eigenvalue weighted by atomic mass is 16.5. The van der Waals surface area contributed by atoms with Crippen molar-refractivity contribution in [3.05, 3.63) is 53.9 Å². The number of aromatic nitrogens is 1. The van der Waals surface area contributed by atoms with Gasteiger partial charge in [-0.15, -0.1) is 0 Å². The molecule has 1 aromatic carbocycles. The van der Waals surface area contributed by atoms with Crippen molar-refractivity contribution in [1.29, 1.82) is 0 Å². The van der Waals surface area contributed by atoms with Crippen molar-refractivity contribution in [3.63, 3.8) is 0 Å². The van der Waals surface area contributed by atoms with Gasteiger partial charge in [-0.2, -0.15) is 0 Å². The Balaban J connectivity index is 2.08. The van der Waals surface area contributed by atoms with Crippen LogP contribution in [0, 0.1) is 0 Å². The van der Waals surface area contributed by atoms with Gasteiger partial charge in [0, 0.05) is 32.5 Å². The summed E-state index contributed by atoms with van der Waals surface area (Å²) in [6.07, 6.45) is 2.06. The van der Waals surface area contributed by atoms with Crippen LogP contribution in [-0.4, -0.2) is 36.1 Å². The first kappa shape index (κ1) is 16.9. The normalized spacial score (nSPS) is 11.4. The van der Waals surface area contributed by atoms with Crippen LogP contribution in [0.4, 0.5) is 0 Å². The molecule has 5 nitrogen and oxygen atoms in total. The zero-order valence-corrected chi connectivity index (χ0v) is 14.4. The number of rotatable bonds is 6. The standard InChI is InChI=1S/C18H26N4O/c1-5-19-18(22(3)14-16-9-7-11-21(16)2)20-13-15-8-6-10-17(12-15)23-4/h6-12H,5,13-14H2,1-4H3,(H,19,20). The predicted molar refractivity (Wildman–Crippen MR) is 94.7 cm³/mol. The van der Waals surface area contributed by atoms with E-state index in [1.54, 1.807) is 7.11 Å². The van der Waals surface area contributed by atoms with Gasteiger partial charge in [-0.05, 0) is 36.8 Å². The molecule has 124 valence electrons. The lowest BCUT2D eigenvalue weighted by molar-refractivity contribution is 0.414. The molecule has 1 heterocycles. The number of methoxy groups -OCH3 is 1. The highest BCUT2D eigenvalue weighted by Gasteiger charge is 2.08. The van der Waals surface area contributed by atoms with Gasteiger partial charge in [-0.1, -0.05) is 12.1 Å². The van der Waals surface area contributed by atoms with Crippen molar-refractivity contribution in [3.8, 4) is 5.75 Å². The second kappa shape index (κ2) is 8.27. The molecule has 0 saturated carbocycles.